The molecule has 2 aromatic heterocycles. The van der Waals surface area contributed by atoms with Gasteiger partial charge in [-0.3, -0.25) is 4.79 Å². The van der Waals surface area contributed by atoms with Crippen LogP contribution in [0, 0.1) is 12.8 Å². The van der Waals surface area contributed by atoms with Crippen LogP contribution < -0.4 is 0 Å². The highest BCUT2D eigenvalue weighted by atomic mass is 16.1. The van der Waals surface area contributed by atoms with Crippen molar-refractivity contribution < 1.29 is 4.79 Å². The van der Waals surface area contributed by atoms with Crippen LogP contribution in [-0.2, 0) is 11.2 Å². The summed E-state index contributed by atoms with van der Waals surface area (Å²) >= 11 is 0. The first-order valence-electron chi connectivity index (χ1n) is 7.91. The van der Waals surface area contributed by atoms with E-state index >= 15 is 0 Å². The van der Waals surface area contributed by atoms with Crippen LogP contribution in [0.15, 0.2) is 41.6 Å². The average molecular weight is 293 g/mol. The van der Waals surface area contributed by atoms with E-state index in [1.807, 2.05) is 29.8 Å². The minimum Gasteiger partial charge on any atom is -0.294 e. The largest absolute Gasteiger partial charge is 0.294 e. The maximum atomic E-state index is 11.5. The van der Waals surface area contributed by atoms with Crippen LogP contribution in [-0.4, -0.2) is 20.4 Å². The zero-order valence-corrected chi connectivity index (χ0v) is 12.7. The number of ketones is 1. The van der Waals surface area contributed by atoms with E-state index < -0.39 is 0 Å². The van der Waals surface area contributed by atoms with E-state index in [-0.39, 0.29) is 5.78 Å². The van der Waals surface area contributed by atoms with Crippen molar-refractivity contribution in [2.45, 2.75) is 39.0 Å². The summed E-state index contributed by atoms with van der Waals surface area (Å²) in [5.41, 5.74) is 5.95. The summed E-state index contributed by atoms with van der Waals surface area (Å²) in [5.74, 6) is 0.867. The summed E-state index contributed by atoms with van der Waals surface area (Å²) in [6, 6.07) is 4.09. The molecular formula is C18H19N3O. The number of aryl methyl sites for hydroxylation is 1. The fraction of sp³-hybridized carbons (Fsp3) is 0.389. The molecule has 0 saturated heterocycles. The molecule has 4 rings (SSSR count). The first kappa shape index (κ1) is 13.4. The van der Waals surface area contributed by atoms with Crippen molar-refractivity contribution in [1.82, 2.24) is 14.6 Å². The third-order valence-electron chi connectivity index (χ3n) is 4.73. The molecule has 0 fully saturated rings. The number of hydrogen-bond donors (Lipinski definition) is 0. The third-order valence-corrected chi connectivity index (χ3v) is 4.73. The molecule has 0 radical (unpaired) electrons. The number of aromatic nitrogens is 3. The van der Waals surface area contributed by atoms with Gasteiger partial charge in [0.1, 0.15) is 0 Å². The van der Waals surface area contributed by atoms with Crippen molar-refractivity contribution in [2.24, 2.45) is 5.92 Å². The van der Waals surface area contributed by atoms with E-state index in [0.29, 0.717) is 12.3 Å². The first-order chi connectivity index (χ1) is 10.7. The van der Waals surface area contributed by atoms with E-state index in [9.17, 15) is 4.79 Å². The van der Waals surface area contributed by atoms with Gasteiger partial charge in [-0.05, 0) is 56.2 Å². The van der Waals surface area contributed by atoms with E-state index in [2.05, 4.69) is 16.1 Å². The Labute approximate surface area is 129 Å². The second-order valence-electron chi connectivity index (χ2n) is 6.41. The standard InChI is InChI=1S/C18H19N3O/c1-12-8-16(21-18(20-12)6-7-19-21)10-13-2-3-15-11-17(22)5-4-14(15)9-13/h4-8,13H,2-3,9-11H2,1H3. The Morgan fingerprint density at radius 3 is 3.18 bits per heavy atom. The van der Waals surface area contributed by atoms with Crippen LogP contribution >= 0.6 is 0 Å². The monoisotopic (exact) mass is 293 g/mol. The second kappa shape index (κ2) is 5.20. The quantitative estimate of drug-likeness (QED) is 0.854. The van der Waals surface area contributed by atoms with Crippen molar-refractivity contribution >= 4 is 11.4 Å². The molecule has 112 valence electrons. The van der Waals surface area contributed by atoms with Crippen LogP contribution in [0.5, 0.6) is 0 Å². The lowest BCUT2D eigenvalue weighted by Gasteiger charge is -2.27. The molecule has 2 heterocycles. The Morgan fingerprint density at radius 1 is 1.36 bits per heavy atom. The van der Waals surface area contributed by atoms with Crippen molar-refractivity contribution in [1.29, 1.82) is 0 Å². The van der Waals surface area contributed by atoms with Gasteiger partial charge in [0, 0.05) is 23.9 Å². The molecule has 22 heavy (non-hydrogen) atoms. The van der Waals surface area contributed by atoms with Gasteiger partial charge in [0.05, 0.1) is 6.20 Å². The zero-order chi connectivity index (χ0) is 15.1. The Hall–Kier alpha value is -2.23. The Bertz CT molecular complexity index is 813. The lowest BCUT2D eigenvalue weighted by molar-refractivity contribution is -0.114. The van der Waals surface area contributed by atoms with Gasteiger partial charge in [0.2, 0.25) is 0 Å². The second-order valence-corrected chi connectivity index (χ2v) is 6.41. The highest BCUT2D eigenvalue weighted by Crippen LogP contribution is 2.35. The van der Waals surface area contributed by atoms with E-state index in [4.69, 9.17) is 0 Å². The number of fused-ring (bicyclic) bond motifs is 1. The Balaban J connectivity index is 1.58. The molecule has 0 bridgehead atoms. The van der Waals surface area contributed by atoms with Gasteiger partial charge >= 0.3 is 0 Å². The molecule has 1 atom stereocenters. The molecule has 2 aliphatic carbocycles. The number of carbonyl (C=O) groups excluding carboxylic acids is 1. The average Bonchev–Trinajstić information content (AvgIpc) is 2.95. The summed E-state index contributed by atoms with van der Waals surface area (Å²) in [6.07, 6.45) is 10.5. The lowest BCUT2D eigenvalue weighted by Crippen LogP contribution is -2.17. The van der Waals surface area contributed by atoms with Gasteiger partial charge in [-0.15, -0.1) is 0 Å². The van der Waals surface area contributed by atoms with E-state index in [1.54, 1.807) is 6.08 Å². The highest BCUT2D eigenvalue weighted by Gasteiger charge is 2.24. The van der Waals surface area contributed by atoms with Crippen molar-refractivity contribution in [3.63, 3.8) is 0 Å². The summed E-state index contributed by atoms with van der Waals surface area (Å²) in [4.78, 5) is 16.0. The van der Waals surface area contributed by atoms with Crippen molar-refractivity contribution in [3.05, 3.63) is 53.0 Å². The molecule has 0 saturated carbocycles. The van der Waals surface area contributed by atoms with E-state index in [0.717, 1.165) is 37.0 Å². The van der Waals surface area contributed by atoms with Crippen LogP contribution in [0.25, 0.3) is 5.65 Å². The lowest BCUT2D eigenvalue weighted by atomic mass is 9.78. The highest BCUT2D eigenvalue weighted by molar-refractivity contribution is 5.93. The number of allylic oxidation sites excluding steroid dienone is 4. The van der Waals surface area contributed by atoms with Gasteiger partial charge in [-0.2, -0.15) is 5.10 Å². The maximum Gasteiger partial charge on any atom is 0.159 e. The van der Waals surface area contributed by atoms with Gasteiger partial charge in [0.25, 0.3) is 0 Å². The normalized spacial score (nSPS) is 21.5. The number of carbonyl (C=O) groups is 1. The summed E-state index contributed by atoms with van der Waals surface area (Å²) < 4.78 is 1.96. The first-order valence-corrected chi connectivity index (χ1v) is 7.91. The molecule has 4 nitrogen and oxygen atoms in total. The molecule has 2 aromatic rings. The predicted molar refractivity (Wildman–Crippen MR) is 84.6 cm³/mol. The van der Waals surface area contributed by atoms with Crippen molar-refractivity contribution in [2.75, 3.05) is 0 Å². The fourth-order valence-electron chi connectivity index (χ4n) is 3.68. The molecule has 2 aliphatic rings. The fourth-order valence-corrected chi connectivity index (χ4v) is 3.68. The molecular weight excluding hydrogens is 274 g/mol. The predicted octanol–water partition coefficient (Wildman–Crippen LogP) is 3.21. The SMILES string of the molecule is Cc1cc(CC2CCC3=C(C=CC(=O)C3)C2)n2nccc2n1. The molecule has 1 unspecified atom stereocenters. The molecule has 0 aliphatic heterocycles. The summed E-state index contributed by atoms with van der Waals surface area (Å²) in [5, 5.41) is 4.40. The summed E-state index contributed by atoms with van der Waals surface area (Å²) in [7, 11) is 0. The van der Waals surface area contributed by atoms with Gasteiger partial charge in [0.15, 0.2) is 11.4 Å². The number of nitrogens with zero attached hydrogens (tertiary/aromatic N) is 3. The topological polar surface area (TPSA) is 47.3 Å². The smallest absolute Gasteiger partial charge is 0.159 e. The maximum absolute atomic E-state index is 11.5. The Kier molecular flexibility index (Phi) is 3.17. The van der Waals surface area contributed by atoms with Crippen LogP contribution in [0.1, 0.15) is 37.1 Å². The molecule has 0 spiro atoms. The summed E-state index contributed by atoms with van der Waals surface area (Å²) in [6.45, 7) is 2.04. The minimum absolute atomic E-state index is 0.250. The zero-order valence-electron chi connectivity index (χ0n) is 12.7. The molecule has 4 heteroatoms. The number of rotatable bonds is 2. The third kappa shape index (κ3) is 2.39. The number of hydrogen-bond acceptors (Lipinski definition) is 3. The minimum atomic E-state index is 0.250. The van der Waals surface area contributed by atoms with Gasteiger partial charge in [-0.25, -0.2) is 9.50 Å². The van der Waals surface area contributed by atoms with Crippen LogP contribution in [0.2, 0.25) is 0 Å². The Morgan fingerprint density at radius 2 is 2.27 bits per heavy atom. The molecule has 0 aromatic carbocycles. The molecule has 0 amide bonds. The van der Waals surface area contributed by atoms with Crippen LogP contribution in [0.3, 0.4) is 0 Å². The van der Waals surface area contributed by atoms with E-state index in [1.165, 1.54) is 16.8 Å². The van der Waals surface area contributed by atoms with Crippen LogP contribution in [0.4, 0.5) is 0 Å². The molecule has 0 N–H and O–H groups in total. The van der Waals surface area contributed by atoms with Gasteiger partial charge in [-0.1, -0.05) is 11.6 Å². The van der Waals surface area contributed by atoms with Crippen molar-refractivity contribution in [3.8, 4) is 0 Å². The van der Waals surface area contributed by atoms with Gasteiger partial charge < -0.3 is 0 Å².